The van der Waals surface area contributed by atoms with Crippen LogP contribution >= 0.6 is 27.5 Å². The Hall–Kier alpha value is -0.900. The first-order valence-electron chi connectivity index (χ1n) is 5.97. The van der Waals surface area contributed by atoms with Gasteiger partial charge < -0.3 is 5.32 Å². The van der Waals surface area contributed by atoms with Gasteiger partial charge in [0.05, 0.1) is 5.02 Å². The monoisotopic (exact) mass is 341 g/mol. The highest BCUT2D eigenvalue weighted by atomic mass is 79.9. The largest absolute Gasteiger partial charge is 0.313 e. The number of nitrogens with one attached hydrogen (secondary N) is 1. The highest BCUT2D eigenvalue weighted by molar-refractivity contribution is 9.10. The molecule has 0 aromatic heterocycles. The molecule has 0 fully saturated rings. The lowest BCUT2D eigenvalue weighted by Crippen LogP contribution is -2.19. The van der Waals surface area contributed by atoms with Gasteiger partial charge in [-0.3, -0.25) is 0 Å². The highest BCUT2D eigenvalue weighted by Gasteiger charge is 2.13. The van der Waals surface area contributed by atoms with Crippen molar-refractivity contribution in [3.05, 3.63) is 68.9 Å². The lowest BCUT2D eigenvalue weighted by Gasteiger charge is -2.18. The Morgan fingerprint density at radius 2 is 2.00 bits per heavy atom. The predicted octanol–water partition coefficient (Wildman–Crippen LogP) is 4.74. The van der Waals surface area contributed by atoms with Crippen molar-refractivity contribution in [3.8, 4) is 0 Å². The summed E-state index contributed by atoms with van der Waals surface area (Å²) in [6.45, 7) is 0. The van der Waals surface area contributed by atoms with Crippen molar-refractivity contribution in [2.75, 3.05) is 7.05 Å². The predicted molar refractivity (Wildman–Crippen MR) is 81.1 cm³/mol. The minimum atomic E-state index is -0.382. The zero-order valence-electron chi connectivity index (χ0n) is 10.5. The van der Waals surface area contributed by atoms with Crippen LogP contribution in [-0.4, -0.2) is 7.05 Å². The van der Waals surface area contributed by atoms with E-state index in [-0.39, 0.29) is 16.9 Å². The maximum atomic E-state index is 13.2. The Morgan fingerprint density at radius 1 is 1.26 bits per heavy atom. The van der Waals surface area contributed by atoms with Gasteiger partial charge in [0.2, 0.25) is 0 Å². The molecule has 0 saturated carbocycles. The molecule has 0 aliphatic rings. The van der Waals surface area contributed by atoms with Crippen LogP contribution in [-0.2, 0) is 6.42 Å². The summed E-state index contributed by atoms with van der Waals surface area (Å²) >= 11 is 9.36. The first-order chi connectivity index (χ1) is 9.11. The molecule has 1 N–H and O–H groups in total. The zero-order valence-corrected chi connectivity index (χ0v) is 12.8. The minimum Gasteiger partial charge on any atom is -0.313 e. The molecule has 2 aromatic rings. The number of benzene rings is 2. The van der Waals surface area contributed by atoms with Crippen molar-refractivity contribution in [1.29, 1.82) is 0 Å². The van der Waals surface area contributed by atoms with E-state index >= 15 is 0 Å². The Morgan fingerprint density at radius 3 is 2.63 bits per heavy atom. The van der Waals surface area contributed by atoms with Crippen molar-refractivity contribution in [2.45, 2.75) is 12.5 Å². The molecule has 1 nitrogen and oxygen atoms in total. The summed E-state index contributed by atoms with van der Waals surface area (Å²) in [7, 11) is 1.91. The second-order valence-corrected chi connectivity index (χ2v) is 5.58. The van der Waals surface area contributed by atoms with Crippen molar-refractivity contribution < 1.29 is 4.39 Å². The van der Waals surface area contributed by atoms with Gasteiger partial charge in [0.15, 0.2) is 0 Å². The van der Waals surface area contributed by atoms with Crippen LogP contribution in [0.15, 0.2) is 46.9 Å². The normalized spacial score (nSPS) is 12.4. The molecule has 2 rings (SSSR count). The zero-order chi connectivity index (χ0) is 13.8. The van der Waals surface area contributed by atoms with Crippen molar-refractivity contribution in [3.63, 3.8) is 0 Å². The molecular weight excluding hydrogens is 329 g/mol. The first-order valence-corrected chi connectivity index (χ1v) is 7.14. The van der Waals surface area contributed by atoms with E-state index in [0.29, 0.717) is 0 Å². The summed E-state index contributed by atoms with van der Waals surface area (Å²) in [6, 6.07) is 13.1. The van der Waals surface area contributed by atoms with Crippen LogP contribution < -0.4 is 5.32 Å². The van der Waals surface area contributed by atoms with Crippen molar-refractivity contribution >= 4 is 27.5 Å². The average molecular weight is 343 g/mol. The Labute approximate surface area is 125 Å². The summed E-state index contributed by atoms with van der Waals surface area (Å²) in [4.78, 5) is 0. The van der Waals surface area contributed by atoms with Crippen LogP contribution in [0.1, 0.15) is 17.2 Å². The fourth-order valence-electron chi connectivity index (χ4n) is 2.03. The van der Waals surface area contributed by atoms with Gasteiger partial charge in [-0.2, -0.15) is 0 Å². The smallest absolute Gasteiger partial charge is 0.141 e. The Balaban J connectivity index is 2.24. The number of rotatable bonds is 4. The second kappa shape index (κ2) is 6.51. The van der Waals surface area contributed by atoms with E-state index in [1.807, 2.05) is 25.2 Å². The van der Waals surface area contributed by atoms with E-state index in [9.17, 15) is 4.39 Å². The van der Waals surface area contributed by atoms with Gasteiger partial charge in [0.25, 0.3) is 0 Å². The molecule has 0 aliphatic heterocycles. The lowest BCUT2D eigenvalue weighted by atomic mass is 9.99. The molecule has 0 saturated heterocycles. The van der Waals surface area contributed by atoms with Crippen LogP contribution in [0.3, 0.4) is 0 Å². The topological polar surface area (TPSA) is 12.0 Å². The Kier molecular flexibility index (Phi) is 4.97. The first kappa shape index (κ1) is 14.5. The molecule has 100 valence electrons. The van der Waals surface area contributed by atoms with Crippen LogP contribution in [0, 0.1) is 5.82 Å². The molecule has 0 aliphatic carbocycles. The van der Waals surface area contributed by atoms with Crippen LogP contribution in [0.2, 0.25) is 5.02 Å². The second-order valence-electron chi connectivity index (χ2n) is 4.32. The molecule has 1 atom stereocenters. The van der Waals surface area contributed by atoms with Crippen LogP contribution in [0.25, 0.3) is 0 Å². The van der Waals surface area contributed by atoms with Gasteiger partial charge in [-0.1, -0.05) is 51.8 Å². The molecule has 0 bridgehead atoms. The van der Waals surface area contributed by atoms with E-state index in [0.717, 1.165) is 16.5 Å². The molecule has 0 radical (unpaired) electrons. The van der Waals surface area contributed by atoms with Gasteiger partial charge in [-0.15, -0.1) is 0 Å². The van der Waals surface area contributed by atoms with Gasteiger partial charge in [-0.05, 0) is 42.8 Å². The van der Waals surface area contributed by atoms with Gasteiger partial charge in [0.1, 0.15) is 5.82 Å². The number of hydrogen-bond acceptors (Lipinski definition) is 1. The average Bonchev–Trinajstić information content (AvgIpc) is 2.41. The summed E-state index contributed by atoms with van der Waals surface area (Å²) in [5.74, 6) is -0.382. The van der Waals surface area contributed by atoms with Gasteiger partial charge in [-0.25, -0.2) is 4.39 Å². The highest BCUT2D eigenvalue weighted by Crippen LogP contribution is 2.27. The molecule has 0 spiro atoms. The third-order valence-corrected chi connectivity index (χ3v) is 4.06. The SMILES string of the molecule is CNC(Cc1ccc(F)c(Cl)c1)c1ccccc1Br. The summed E-state index contributed by atoms with van der Waals surface area (Å²) in [5.41, 5.74) is 2.17. The molecule has 19 heavy (non-hydrogen) atoms. The molecule has 2 aromatic carbocycles. The van der Waals surface area contributed by atoms with E-state index < -0.39 is 0 Å². The summed E-state index contributed by atoms with van der Waals surface area (Å²) < 4.78 is 14.2. The fraction of sp³-hybridized carbons (Fsp3) is 0.200. The number of halogens is 3. The maximum absolute atomic E-state index is 13.2. The third-order valence-electron chi connectivity index (χ3n) is 3.05. The lowest BCUT2D eigenvalue weighted by molar-refractivity contribution is 0.587. The van der Waals surface area contributed by atoms with Gasteiger partial charge >= 0.3 is 0 Å². The van der Waals surface area contributed by atoms with E-state index in [2.05, 4.69) is 27.3 Å². The van der Waals surface area contributed by atoms with Crippen LogP contribution in [0.5, 0.6) is 0 Å². The van der Waals surface area contributed by atoms with Crippen molar-refractivity contribution in [1.82, 2.24) is 5.32 Å². The molecule has 0 amide bonds. The molecule has 4 heteroatoms. The molecular formula is C15H14BrClFN. The number of hydrogen-bond donors (Lipinski definition) is 1. The summed E-state index contributed by atoms with van der Waals surface area (Å²) in [6.07, 6.45) is 0.749. The van der Waals surface area contributed by atoms with Gasteiger partial charge in [0, 0.05) is 10.5 Å². The standard InChI is InChI=1S/C15H14BrClFN/c1-19-15(11-4-2-3-5-12(11)16)9-10-6-7-14(18)13(17)8-10/h2-8,15,19H,9H2,1H3. The Bertz CT molecular complexity index is 574. The van der Waals surface area contributed by atoms with E-state index in [1.165, 1.54) is 11.6 Å². The fourth-order valence-corrected chi connectivity index (χ4v) is 2.79. The minimum absolute atomic E-state index is 0.150. The quantitative estimate of drug-likeness (QED) is 0.846. The van der Waals surface area contributed by atoms with E-state index in [1.54, 1.807) is 12.1 Å². The van der Waals surface area contributed by atoms with E-state index in [4.69, 9.17) is 11.6 Å². The molecule has 0 heterocycles. The third kappa shape index (κ3) is 3.56. The van der Waals surface area contributed by atoms with Crippen LogP contribution in [0.4, 0.5) is 4.39 Å². The maximum Gasteiger partial charge on any atom is 0.141 e. The van der Waals surface area contributed by atoms with Crippen molar-refractivity contribution in [2.24, 2.45) is 0 Å². The number of likely N-dealkylation sites (N-methyl/N-ethyl adjacent to an activating group) is 1. The molecule has 1 unspecified atom stereocenters. The summed E-state index contributed by atoms with van der Waals surface area (Å²) in [5, 5.41) is 3.44.